The van der Waals surface area contributed by atoms with Gasteiger partial charge >= 0.3 is 7.12 Å². The third-order valence-corrected chi connectivity index (χ3v) is 1.23. The zero-order valence-electron chi connectivity index (χ0n) is 7.13. The zero-order chi connectivity index (χ0) is 7.98. The summed E-state index contributed by atoms with van der Waals surface area (Å²) in [5.41, 5.74) is 0. The van der Waals surface area contributed by atoms with Crippen LogP contribution in [0.3, 0.4) is 0 Å². The Morgan fingerprint density at radius 1 is 1.50 bits per heavy atom. The summed E-state index contributed by atoms with van der Waals surface area (Å²) in [6, 6.07) is 0. The van der Waals surface area contributed by atoms with Gasteiger partial charge in [0.25, 0.3) is 0 Å². The van der Waals surface area contributed by atoms with E-state index in [0.717, 1.165) is 19.2 Å². The van der Waals surface area contributed by atoms with Gasteiger partial charge in [-0.3, -0.25) is 0 Å². The van der Waals surface area contributed by atoms with Gasteiger partial charge in [0.1, 0.15) is 0 Å². The number of hydrogen-bond donors (Lipinski definition) is 1. The molecule has 3 heteroatoms. The van der Waals surface area contributed by atoms with E-state index in [0.29, 0.717) is 0 Å². The molecule has 0 bridgehead atoms. The van der Waals surface area contributed by atoms with E-state index in [2.05, 4.69) is 6.92 Å². The van der Waals surface area contributed by atoms with Crippen molar-refractivity contribution >= 4 is 7.12 Å². The van der Waals surface area contributed by atoms with Gasteiger partial charge in [-0.05, 0) is 20.2 Å². The van der Waals surface area contributed by atoms with Crippen LogP contribution in [0, 0.1) is 0 Å². The number of rotatable bonds is 5. The van der Waals surface area contributed by atoms with Crippen molar-refractivity contribution in [1.29, 1.82) is 0 Å². The van der Waals surface area contributed by atoms with Gasteiger partial charge in [0, 0.05) is 6.10 Å². The predicted molar refractivity (Wildman–Crippen MR) is 43.9 cm³/mol. The normalized spacial score (nSPS) is 10.5. The van der Waals surface area contributed by atoms with E-state index in [1.165, 1.54) is 0 Å². The Morgan fingerprint density at radius 3 is 2.50 bits per heavy atom. The van der Waals surface area contributed by atoms with Gasteiger partial charge in [-0.15, -0.1) is 0 Å². The molecule has 0 saturated carbocycles. The standard InChI is InChI=1S/C7H17BO2/c1-4-5-6-8(9)10-7(2)3/h7,9H,4-6H2,1-3H3. The molecule has 0 atom stereocenters. The molecule has 0 heterocycles. The second-order valence-electron chi connectivity index (χ2n) is 2.78. The van der Waals surface area contributed by atoms with Crippen LogP contribution in [0.25, 0.3) is 0 Å². The molecule has 0 amide bonds. The van der Waals surface area contributed by atoms with Gasteiger partial charge in [0.05, 0.1) is 0 Å². The van der Waals surface area contributed by atoms with Gasteiger partial charge < -0.3 is 9.68 Å². The fourth-order valence-corrected chi connectivity index (χ4v) is 0.761. The van der Waals surface area contributed by atoms with Crippen LogP contribution in [0.2, 0.25) is 6.32 Å². The summed E-state index contributed by atoms with van der Waals surface area (Å²) in [6.07, 6.45) is 3.04. The van der Waals surface area contributed by atoms with Gasteiger partial charge in [0.15, 0.2) is 0 Å². The first-order valence-electron chi connectivity index (χ1n) is 4.00. The van der Waals surface area contributed by atoms with E-state index in [1.807, 2.05) is 13.8 Å². The smallest absolute Gasteiger partial charge is 0.427 e. The summed E-state index contributed by atoms with van der Waals surface area (Å²) in [6.45, 7) is 5.95. The van der Waals surface area contributed by atoms with Crippen LogP contribution < -0.4 is 0 Å². The molecule has 0 radical (unpaired) electrons. The molecule has 0 aliphatic heterocycles. The summed E-state index contributed by atoms with van der Waals surface area (Å²) in [5.74, 6) is 0. The molecule has 0 fully saturated rings. The molecular weight excluding hydrogens is 127 g/mol. The van der Waals surface area contributed by atoms with Crippen molar-refractivity contribution in [3.05, 3.63) is 0 Å². The van der Waals surface area contributed by atoms with Crippen molar-refractivity contribution in [1.82, 2.24) is 0 Å². The first-order valence-corrected chi connectivity index (χ1v) is 4.00. The van der Waals surface area contributed by atoms with Crippen molar-refractivity contribution in [2.24, 2.45) is 0 Å². The highest BCUT2D eigenvalue weighted by Crippen LogP contribution is 2.01. The van der Waals surface area contributed by atoms with Crippen LogP contribution in [0.1, 0.15) is 33.6 Å². The molecule has 0 rings (SSSR count). The third-order valence-electron chi connectivity index (χ3n) is 1.23. The van der Waals surface area contributed by atoms with E-state index in [9.17, 15) is 0 Å². The molecule has 10 heavy (non-hydrogen) atoms. The molecule has 0 aromatic heterocycles. The maximum atomic E-state index is 9.13. The number of hydrogen-bond acceptors (Lipinski definition) is 2. The Kier molecular flexibility index (Phi) is 5.74. The highest BCUT2D eigenvalue weighted by atomic mass is 16.5. The third kappa shape index (κ3) is 6.11. The topological polar surface area (TPSA) is 29.5 Å². The molecule has 0 aliphatic carbocycles. The lowest BCUT2D eigenvalue weighted by Gasteiger charge is -2.09. The lowest BCUT2D eigenvalue weighted by atomic mass is 9.83. The highest BCUT2D eigenvalue weighted by molar-refractivity contribution is 6.42. The maximum Gasteiger partial charge on any atom is 0.454 e. The minimum absolute atomic E-state index is 0.131. The van der Waals surface area contributed by atoms with Crippen molar-refractivity contribution in [3.8, 4) is 0 Å². The van der Waals surface area contributed by atoms with E-state index in [-0.39, 0.29) is 6.10 Å². The molecule has 0 saturated heterocycles. The Balaban J connectivity index is 3.16. The number of unbranched alkanes of at least 4 members (excludes halogenated alkanes) is 1. The van der Waals surface area contributed by atoms with Crippen LogP contribution in [-0.2, 0) is 4.65 Å². The van der Waals surface area contributed by atoms with Gasteiger partial charge in [0.2, 0.25) is 0 Å². The molecule has 1 N–H and O–H groups in total. The van der Waals surface area contributed by atoms with Crippen LogP contribution >= 0.6 is 0 Å². The average Bonchev–Trinajstić information content (AvgIpc) is 1.82. The van der Waals surface area contributed by atoms with Crippen LogP contribution in [0.15, 0.2) is 0 Å². The Morgan fingerprint density at radius 2 is 2.10 bits per heavy atom. The van der Waals surface area contributed by atoms with E-state index >= 15 is 0 Å². The summed E-state index contributed by atoms with van der Waals surface area (Å²) in [4.78, 5) is 0. The quantitative estimate of drug-likeness (QED) is 0.595. The molecular formula is C7H17BO2. The monoisotopic (exact) mass is 144 g/mol. The van der Waals surface area contributed by atoms with Gasteiger partial charge in [-0.25, -0.2) is 0 Å². The molecule has 0 aliphatic rings. The van der Waals surface area contributed by atoms with Crippen molar-refractivity contribution < 1.29 is 9.68 Å². The SMILES string of the molecule is CCCCB(O)OC(C)C. The average molecular weight is 144 g/mol. The molecule has 60 valence electrons. The zero-order valence-corrected chi connectivity index (χ0v) is 7.13. The van der Waals surface area contributed by atoms with Crippen LogP contribution in [0.4, 0.5) is 0 Å². The van der Waals surface area contributed by atoms with Gasteiger partial charge in [-0.1, -0.05) is 19.8 Å². The molecule has 0 aromatic rings. The van der Waals surface area contributed by atoms with E-state index in [4.69, 9.17) is 9.68 Å². The minimum atomic E-state index is -0.556. The van der Waals surface area contributed by atoms with E-state index < -0.39 is 7.12 Å². The lowest BCUT2D eigenvalue weighted by Crippen LogP contribution is -2.21. The van der Waals surface area contributed by atoms with Crippen molar-refractivity contribution in [2.45, 2.75) is 46.0 Å². The summed E-state index contributed by atoms with van der Waals surface area (Å²) >= 11 is 0. The second kappa shape index (κ2) is 5.75. The molecule has 2 nitrogen and oxygen atoms in total. The lowest BCUT2D eigenvalue weighted by molar-refractivity contribution is 0.197. The largest absolute Gasteiger partial charge is 0.454 e. The van der Waals surface area contributed by atoms with Crippen LogP contribution in [-0.4, -0.2) is 18.2 Å². The molecule has 0 aromatic carbocycles. The summed E-state index contributed by atoms with van der Waals surface area (Å²) in [5, 5.41) is 9.13. The minimum Gasteiger partial charge on any atom is -0.427 e. The Bertz CT molecular complexity index is 76.0. The fraction of sp³-hybridized carbons (Fsp3) is 1.00. The van der Waals surface area contributed by atoms with Gasteiger partial charge in [-0.2, -0.15) is 0 Å². The highest BCUT2D eigenvalue weighted by Gasteiger charge is 2.12. The van der Waals surface area contributed by atoms with E-state index in [1.54, 1.807) is 0 Å². The maximum absolute atomic E-state index is 9.13. The summed E-state index contributed by atoms with van der Waals surface area (Å²) in [7, 11) is -0.556. The molecule has 0 unspecified atom stereocenters. The fourth-order valence-electron chi connectivity index (χ4n) is 0.761. The Hall–Kier alpha value is -0.0151. The van der Waals surface area contributed by atoms with Crippen molar-refractivity contribution in [3.63, 3.8) is 0 Å². The summed E-state index contributed by atoms with van der Waals surface area (Å²) < 4.78 is 5.11. The first-order chi connectivity index (χ1) is 4.66. The second-order valence-corrected chi connectivity index (χ2v) is 2.78. The van der Waals surface area contributed by atoms with Crippen LogP contribution in [0.5, 0.6) is 0 Å². The predicted octanol–water partition coefficient (Wildman–Crippen LogP) is 1.69. The van der Waals surface area contributed by atoms with Crippen molar-refractivity contribution in [2.75, 3.05) is 0 Å². The molecule has 0 spiro atoms. The first kappa shape index (κ1) is 9.98. The Labute approximate surface area is 63.7 Å².